The Kier molecular flexibility index (Phi) is 4.23. The summed E-state index contributed by atoms with van der Waals surface area (Å²) in [5, 5.41) is 3.65. The normalized spacial score (nSPS) is 22.7. The molecule has 2 rings (SSSR count). The summed E-state index contributed by atoms with van der Waals surface area (Å²) >= 11 is 0. The fourth-order valence-electron chi connectivity index (χ4n) is 2.87. The first-order valence-corrected chi connectivity index (χ1v) is 6.82. The minimum atomic E-state index is 0.481. The molecule has 0 radical (unpaired) electrons. The molecule has 1 N–H and O–H groups in total. The Balaban J connectivity index is 1.91. The molecule has 0 saturated heterocycles. The molecule has 0 aromatic carbocycles. The van der Waals surface area contributed by atoms with Crippen LogP contribution in [0.4, 0.5) is 0 Å². The molecule has 1 atom stereocenters. The number of ether oxygens (including phenoxy) is 1. The SMILES string of the molecule is COc1ncccc1CNC1CCCC(C)(C)C1. The summed E-state index contributed by atoms with van der Waals surface area (Å²) in [5.74, 6) is 0.736. The summed E-state index contributed by atoms with van der Waals surface area (Å²) < 4.78 is 5.28. The summed E-state index contributed by atoms with van der Waals surface area (Å²) in [7, 11) is 1.68. The molecule has 1 heterocycles. The Morgan fingerprint density at radius 3 is 3.06 bits per heavy atom. The predicted octanol–water partition coefficient (Wildman–Crippen LogP) is 3.15. The smallest absolute Gasteiger partial charge is 0.217 e. The Morgan fingerprint density at radius 1 is 1.50 bits per heavy atom. The predicted molar refractivity (Wildman–Crippen MR) is 73.7 cm³/mol. The Hall–Kier alpha value is -1.09. The number of rotatable bonds is 4. The average molecular weight is 248 g/mol. The van der Waals surface area contributed by atoms with Crippen LogP contribution in [0.15, 0.2) is 18.3 Å². The highest BCUT2D eigenvalue weighted by atomic mass is 16.5. The summed E-state index contributed by atoms with van der Waals surface area (Å²) in [6.45, 7) is 5.58. The van der Waals surface area contributed by atoms with Gasteiger partial charge in [0.2, 0.25) is 5.88 Å². The van der Waals surface area contributed by atoms with Gasteiger partial charge in [-0.1, -0.05) is 26.3 Å². The van der Waals surface area contributed by atoms with E-state index in [1.165, 1.54) is 25.7 Å². The number of nitrogens with zero attached hydrogens (tertiary/aromatic N) is 1. The fraction of sp³-hybridized carbons (Fsp3) is 0.667. The van der Waals surface area contributed by atoms with Crippen molar-refractivity contribution in [3.05, 3.63) is 23.9 Å². The van der Waals surface area contributed by atoms with Gasteiger partial charge in [-0.25, -0.2) is 4.98 Å². The van der Waals surface area contributed by atoms with Crippen LogP contribution in [-0.4, -0.2) is 18.1 Å². The summed E-state index contributed by atoms with van der Waals surface area (Å²) in [6.07, 6.45) is 6.99. The van der Waals surface area contributed by atoms with E-state index in [-0.39, 0.29) is 0 Å². The van der Waals surface area contributed by atoms with Gasteiger partial charge in [0.15, 0.2) is 0 Å². The fourth-order valence-corrected chi connectivity index (χ4v) is 2.87. The van der Waals surface area contributed by atoms with Crippen molar-refractivity contribution in [1.82, 2.24) is 10.3 Å². The zero-order chi connectivity index (χ0) is 13.0. The van der Waals surface area contributed by atoms with Gasteiger partial charge in [-0.15, -0.1) is 0 Å². The van der Waals surface area contributed by atoms with Gasteiger partial charge in [-0.3, -0.25) is 0 Å². The van der Waals surface area contributed by atoms with Gasteiger partial charge in [0.05, 0.1) is 7.11 Å². The standard InChI is InChI=1S/C15H24N2O/c1-15(2)8-4-7-13(10-15)17-11-12-6-5-9-16-14(12)18-3/h5-6,9,13,17H,4,7-8,10-11H2,1-3H3. The van der Waals surface area contributed by atoms with Crippen LogP contribution in [0.25, 0.3) is 0 Å². The van der Waals surface area contributed by atoms with Crippen LogP contribution in [0.3, 0.4) is 0 Å². The summed E-state index contributed by atoms with van der Waals surface area (Å²) in [4.78, 5) is 4.23. The van der Waals surface area contributed by atoms with E-state index in [0.29, 0.717) is 11.5 Å². The largest absolute Gasteiger partial charge is 0.481 e. The molecule has 18 heavy (non-hydrogen) atoms. The number of hydrogen-bond donors (Lipinski definition) is 1. The van der Waals surface area contributed by atoms with E-state index in [0.717, 1.165) is 18.0 Å². The lowest BCUT2D eigenvalue weighted by Crippen LogP contribution is -2.36. The second kappa shape index (κ2) is 5.70. The molecule has 0 amide bonds. The third-order valence-electron chi connectivity index (χ3n) is 3.83. The second-order valence-corrected chi connectivity index (χ2v) is 6.01. The minimum Gasteiger partial charge on any atom is -0.481 e. The average Bonchev–Trinajstić information content (AvgIpc) is 2.35. The highest BCUT2D eigenvalue weighted by Crippen LogP contribution is 2.35. The molecule has 100 valence electrons. The van der Waals surface area contributed by atoms with E-state index in [1.807, 2.05) is 6.07 Å². The third-order valence-corrected chi connectivity index (χ3v) is 3.83. The van der Waals surface area contributed by atoms with E-state index >= 15 is 0 Å². The van der Waals surface area contributed by atoms with Gasteiger partial charge in [-0.2, -0.15) is 0 Å². The molecule has 0 aliphatic heterocycles. The maximum absolute atomic E-state index is 5.28. The molecule has 1 aliphatic carbocycles. The molecule has 3 nitrogen and oxygen atoms in total. The number of pyridine rings is 1. The van der Waals surface area contributed by atoms with Gasteiger partial charge < -0.3 is 10.1 Å². The molecule has 1 aromatic heterocycles. The summed E-state index contributed by atoms with van der Waals surface area (Å²) in [6, 6.07) is 4.66. The molecule has 1 saturated carbocycles. The molecule has 0 bridgehead atoms. The van der Waals surface area contributed by atoms with Crippen molar-refractivity contribution in [2.45, 2.75) is 52.1 Å². The topological polar surface area (TPSA) is 34.1 Å². The molecule has 3 heteroatoms. The molecular formula is C15H24N2O. The first-order chi connectivity index (χ1) is 8.61. The molecule has 1 aliphatic rings. The number of hydrogen-bond acceptors (Lipinski definition) is 3. The van der Waals surface area contributed by atoms with E-state index in [9.17, 15) is 0 Å². The number of methoxy groups -OCH3 is 1. The minimum absolute atomic E-state index is 0.481. The molecule has 1 aromatic rings. The van der Waals surface area contributed by atoms with Crippen LogP contribution in [0.5, 0.6) is 5.88 Å². The lowest BCUT2D eigenvalue weighted by atomic mass is 9.75. The van der Waals surface area contributed by atoms with Crippen molar-refractivity contribution in [3.63, 3.8) is 0 Å². The Bertz CT molecular complexity index is 390. The van der Waals surface area contributed by atoms with E-state index in [2.05, 4.69) is 30.2 Å². The molecule has 1 unspecified atom stereocenters. The summed E-state index contributed by atoms with van der Waals surface area (Å²) in [5.41, 5.74) is 1.62. The monoisotopic (exact) mass is 248 g/mol. The van der Waals surface area contributed by atoms with E-state index in [4.69, 9.17) is 4.74 Å². The van der Waals surface area contributed by atoms with Gasteiger partial charge >= 0.3 is 0 Å². The molecule has 1 fully saturated rings. The van der Waals surface area contributed by atoms with Crippen LogP contribution < -0.4 is 10.1 Å². The number of aromatic nitrogens is 1. The Labute approximate surface area is 110 Å². The molecular weight excluding hydrogens is 224 g/mol. The lowest BCUT2D eigenvalue weighted by molar-refractivity contribution is 0.197. The van der Waals surface area contributed by atoms with Crippen LogP contribution in [0, 0.1) is 5.41 Å². The zero-order valence-corrected chi connectivity index (χ0v) is 11.7. The highest BCUT2D eigenvalue weighted by Gasteiger charge is 2.27. The van der Waals surface area contributed by atoms with Crippen LogP contribution >= 0.6 is 0 Å². The molecule has 0 spiro atoms. The van der Waals surface area contributed by atoms with Crippen molar-refractivity contribution in [2.75, 3.05) is 7.11 Å². The Morgan fingerprint density at radius 2 is 2.33 bits per heavy atom. The van der Waals surface area contributed by atoms with Gasteiger partial charge in [0, 0.05) is 24.3 Å². The zero-order valence-electron chi connectivity index (χ0n) is 11.7. The maximum Gasteiger partial charge on any atom is 0.217 e. The first-order valence-electron chi connectivity index (χ1n) is 6.82. The van der Waals surface area contributed by atoms with E-state index in [1.54, 1.807) is 13.3 Å². The van der Waals surface area contributed by atoms with Crippen molar-refractivity contribution in [3.8, 4) is 5.88 Å². The van der Waals surface area contributed by atoms with Gasteiger partial charge in [0.1, 0.15) is 0 Å². The van der Waals surface area contributed by atoms with Crippen LogP contribution in [0.2, 0.25) is 0 Å². The van der Waals surface area contributed by atoms with Crippen LogP contribution in [0.1, 0.15) is 45.1 Å². The van der Waals surface area contributed by atoms with Gasteiger partial charge in [0.25, 0.3) is 0 Å². The van der Waals surface area contributed by atoms with Crippen molar-refractivity contribution in [2.24, 2.45) is 5.41 Å². The maximum atomic E-state index is 5.28. The first kappa shape index (κ1) is 13.3. The van der Waals surface area contributed by atoms with Crippen molar-refractivity contribution >= 4 is 0 Å². The lowest BCUT2D eigenvalue weighted by Gasteiger charge is -2.35. The number of nitrogens with one attached hydrogen (secondary N) is 1. The van der Waals surface area contributed by atoms with E-state index < -0.39 is 0 Å². The van der Waals surface area contributed by atoms with Crippen LogP contribution in [-0.2, 0) is 6.54 Å². The quantitative estimate of drug-likeness (QED) is 0.888. The third kappa shape index (κ3) is 3.45. The van der Waals surface area contributed by atoms with Crippen molar-refractivity contribution < 1.29 is 4.74 Å². The highest BCUT2D eigenvalue weighted by molar-refractivity contribution is 5.25. The second-order valence-electron chi connectivity index (χ2n) is 6.01. The van der Waals surface area contributed by atoms with Crippen molar-refractivity contribution in [1.29, 1.82) is 0 Å². The van der Waals surface area contributed by atoms with Gasteiger partial charge in [-0.05, 0) is 30.7 Å².